The lowest BCUT2D eigenvalue weighted by atomic mass is 10.0. The van der Waals surface area contributed by atoms with Crippen molar-refractivity contribution in [2.75, 3.05) is 10.6 Å². The van der Waals surface area contributed by atoms with Gasteiger partial charge < -0.3 is 15.6 Å². The van der Waals surface area contributed by atoms with Gasteiger partial charge in [-0.3, -0.25) is 9.59 Å². The van der Waals surface area contributed by atoms with Crippen LogP contribution in [0.2, 0.25) is 0 Å². The first-order valence-electron chi connectivity index (χ1n) is 8.70. The molecule has 0 aliphatic rings. The highest BCUT2D eigenvalue weighted by Crippen LogP contribution is 2.22. The van der Waals surface area contributed by atoms with Gasteiger partial charge in [-0.05, 0) is 43.7 Å². The molecule has 2 aromatic carbocycles. The first kappa shape index (κ1) is 19.0. The summed E-state index contributed by atoms with van der Waals surface area (Å²) in [5.74, 6) is -0.689. The molecule has 3 N–H and O–H groups in total. The minimum absolute atomic E-state index is 0.0971. The molecule has 0 saturated heterocycles. The molecule has 0 fully saturated rings. The molecule has 3 rings (SSSR count). The number of nitrogens with zero attached hydrogens (tertiary/aromatic N) is 1. The molecule has 0 aliphatic heterocycles. The molecule has 2 amide bonds. The number of H-pyrrole nitrogens is 1. The van der Waals surface area contributed by atoms with Crippen LogP contribution in [0.1, 0.15) is 28.5 Å². The Kier molecular flexibility index (Phi) is 5.35. The lowest BCUT2D eigenvalue weighted by Gasteiger charge is -2.10. The summed E-state index contributed by atoms with van der Waals surface area (Å²) >= 11 is 0. The van der Waals surface area contributed by atoms with Crippen LogP contribution in [0.4, 0.5) is 11.4 Å². The number of aromatic nitrogens is 2. The van der Waals surface area contributed by atoms with Crippen molar-refractivity contribution in [2.45, 2.75) is 20.8 Å². The Labute approximate surface area is 161 Å². The Bertz CT molecular complexity index is 1120. The van der Waals surface area contributed by atoms with E-state index in [1.807, 2.05) is 32.0 Å². The Morgan fingerprint density at radius 1 is 0.964 bits per heavy atom. The zero-order chi connectivity index (χ0) is 20.3. The van der Waals surface area contributed by atoms with Gasteiger partial charge in [0, 0.05) is 23.9 Å². The quantitative estimate of drug-likeness (QED) is 0.650. The van der Waals surface area contributed by atoms with Crippen LogP contribution < -0.4 is 16.3 Å². The maximum absolute atomic E-state index is 12.6. The van der Waals surface area contributed by atoms with Crippen molar-refractivity contribution in [1.29, 1.82) is 0 Å². The Balaban J connectivity index is 1.89. The summed E-state index contributed by atoms with van der Waals surface area (Å²) in [5.41, 5.74) is 3.83. The van der Waals surface area contributed by atoms with Gasteiger partial charge in [0.25, 0.3) is 5.91 Å². The second kappa shape index (κ2) is 7.87. The van der Waals surface area contributed by atoms with E-state index in [0.717, 1.165) is 16.7 Å². The molecule has 1 aromatic heterocycles. The monoisotopic (exact) mass is 376 g/mol. The fourth-order valence-corrected chi connectivity index (χ4v) is 2.90. The molecule has 0 bridgehead atoms. The maximum atomic E-state index is 12.6. The highest BCUT2D eigenvalue weighted by Gasteiger charge is 2.13. The first-order chi connectivity index (χ1) is 13.3. The minimum atomic E-state index is -0.602. The van der Waals surface area contributed by atoms with E-state index in [1.165, 1.54) is 6.92 Å². The van der Waals surface area contributed by atoms with Gasteiger partial charge in [-0.2, -0.15) is 4.98 Å². The van der Waals surface area contributed by atoms with Crippen LogP contribution in [0.25, 0.3) is 11.3 Å². The van der Waals surface area contributed by atoms with Crippen molar-refractivity contribution in [2.24, 2.45) is 0 Å². The van der Waals surface area contributed by atoms with Crippen molar-refractivity contribution in [3.63, 3.8) is 0 Å². The second-order valence-corrected chi connectivity index (χ2v) is 6.52. The molecule has 1 heterocycles. The topological polar surface area (TPSA) is 104 Å². The van der Waals surface area contributed by atoms with Gasteiger partial charge in [0.05, 0.1) is 5.69 Å². The van der Waals surface area contributed by atoms with Crippen LogP contribution in [0, 0.1) is 13.8 Å². The van der Waals surface area contributed by atoms with Crippen LogP contribution in [-0.2, 0) is 4.79 Å². The zero-order valence-corrected chi connectivity index (χ0v) is 15.8. The highest BCUT2D eigenvalue weighted by molar-refractivity contribution is 6.03. The summed E-state index contributed by atoms with van der Waals surface area (Å²) in [6, 6.07) is 14.1. The smallest absolute Gasteiger partial charge is 0.326 e. The zero-order valence-electron chi connectivity index (χ0n) is 15.8. The van der Waals surface area contributed by atoms with Crippen molar-refractivity contribution >= 4 is 23.2 Å². The third-order valence-electron chi connectivity index (χ3n) is 4.09. The molecule has 7 nitrogen and oxygen atoms in total. The fraction of sp³-hybridized carbons (Fsp3) is 0.143. The van der Waals surface area contributed by atoms with E-state index in [1.54, 1.807) is 30.3 Å². The molecule has 3 aromatic rings. The van der Waals surface area contributed by atoms with E-state index in [9.17, 15) is 14.4 Å². The van der Waals surface area contributed by atoms with Crippen molar-refractivity contribution < 1.29 is 9.59 Å². The van der Waals surface area contributed by atoms with E-state index in [4.69, 9.17) is 0 Å². The third-order valence-corrected chi connectivity index (χ3v) is 4.09. The number of benzene rings is 2. The summed E-state index contributed by atoms with van der Waals surface area (Å²) in [4.78, 5) is 42.3. The number of carbonyl (C=O) groups is 2. The van der Waals surface area contributed by atoms with E-state index < -0.39 is 11.6 Å². The van der Waals surface area contributed by atoms with Crippen molar-refractivity contribution in [3.8, 4) is 11.3 Å². The molecule has 7 heteroatoms. The molecule has 0 atom stereocenters. The second-order valence-electron chi connectivity index (χ2n) is 6.52. The standard InChI is InChI=1S/C21H20N4O3/c1-12-7-8-17(13(2)9-12)18-11-19(25-21(28)24-18)20(27)23-16-6-4-5-15(10-16)22-14(3)26/h4-11H,1-3H3,(H,22,26)(H,23,27)(H,24,25,28). The highest BCUT2D eigenvalue weighted by atomic mass is 16.2. The summed E-state index contributed by atoms with van der Waals surface area (Å²) in [5, 5.41) is 5.36. The normalized spacial score (nSPS) is 10.4. The van der Waals surface area contributed by atoms with Gasteiger partial charge in [0.2, 0.25) is 5.91 Å². The maximum Gasteiger partial charge on any atom is 0.346 e. The molecule has 0 aliphatic carbocycles. The Morgan fingerprint density at radius 2 is 1.68 bits per heavy atom. The SMILES string of the molecule is CC(=O)Nc1cccc(NC(=O)c2cc(-c3ccc(C)cc3C)nc(=O)[nH]2)c1. The molecular weight excluding hydrogens is 356 g/mol. The Hall–Kier alpha value is -3.74. The first-order valence-corrected chi connectivity index (χ1v) is 8.70. The number of hydrogen-bond donors (Lipinski definition) is 3. The summed E-state index contributed by atoms with van der Waals surface area (Å²) < 4.78 is 0. The molecule has 0 saturated carbocycles. The minimum Gasteiger partial charge on any atom is -0.326 e. The van der Waals surface area contributed by atoms with E-state index in [0.29, 0.717) is 17.1 Å². The third kappa shape index (κ3) is 4.50. The molecule has 0 spiro atoms. The molecule has 0 unspecified atom stereocenters. The molecular formula is C21H20N4O3. The lowest BCUT2D eigenvalue weighted by Crippen LogP contribution is -2.21. The molecule has 142 valence electrons. The molecule has 0 radical (unpaired) electrons. The number of hydrogen-bond acceptors (Lipinski definition) is 4. The van der Waals surface area contributed by atoms with E-state index in [-0.39, 0.29) is 11.6 Å². The fourth-order valence-electron chi connectivity index (χ4n) is 2.90. The number of aromatic amines is 1. The van der Waals surface area contributed by atoms with Crippen molar-refractivity contribution in [3.05, 3.63) is 75.8 Å². The average molecular weight is 376 g/mol. The lowest BCUT2D eigenvalue weighted by molar-refractivity contribution is -0.114. The van der Waals surface area contributed by atoms with Crippen LogP contribution >= 0.6 is 0 Å². The summed E-state index contributed by atoms with van der Waals surface area (Å²) in [6.07, 6.45) is 0. The van der Waals surface area contributed by atoms with Gasteiger partial charge in [-0.25, -0.2) is 4.79 Å². The van der Waals surface area contributed by atoms with Crippen molar-refractivity contribution in [1.82, 2.24) is 9.97 Å². The Morgan fingerprint density at radius 3 is 2.36 bits per heavy atom. The number of carbonyl (C=O) groups excluding carboxylic acids is 2. The van der Waals surface area contributed by atoms with Gasteiger partial charge >= 0.3 is 5.69 Å². The average Bonchev–Trinajstić information content (AvgIpc) is 2.61. The number of aryl methyl sites for hydroxylation is 2. The summed E-state index contributed by atoms with van der Waals surface area (Å²) in [6.45, 7) is 5.32. The number of amides is 2. The summed E-state index contributed by atoms with van der Waals surface area (Å²) in [7, 11) is 0. The van der Waals surface area contributed by atoms with Crippen LogP contribution in [0.15, 0.2) is 53.3 Å². The molecule has 28 heavy (non-hydrogen) atoms. The van der Waals surface area contributed by atoms with Crippen LogP contribution in [0.5, 0.6) is 0 Å². The number of rotatable bonds is 4. The van der Waals surface area contributed by atoms with Crippen LogP contribution in [-0.4, -0.2) is 21.8 Å². The van der Waals surface area contributed by atoms with Gasteiger partial charge in [-0.1, -0.05) is 29.8 Å². The predicted octanol–water partition coefficient (Wildman–Crippen LogP) is 3.26. The number of anilines is 2. The predicted molar refractivity (Wildman–Crippen MR) is 108 cm³/mol. The van der Waals surface area contributed by atoms with E-state index >= 15 is 0 Å². The van der Waals surface area contributed by atoms with Gasteiger partial charge in [-0.15, -0.1) is 0 Å². The van der Waals surface area contributed by atoms with E-state index in [2.05, 4.69) is 20.6 Å². The largest absolute Gasteiger partial charge is 0.346 e. The number of nitrogens with one attached hydrogen (secondary N) is 3. The van der Waals surface area contributed by atoms with Gasteiger partial charge in [0.15, 0.2) is 0 Å². The van der Waals surface area contributed by atoms with Gasteiger partial charge in [0.1, 0.15) is 5.69 Å². The van der Waals surface area contributed by atoms with Crippen LogP contribution in [0.3, 0.4) is 0 Å².